The van der Waals surface area contributed by atoms with E-state index < -0.39 is 0 Å². The molecule has 0 rings (SSSR count). The van der Waals surface area contributed by atoms with Gasteiger partial charge in [0.05, 0.1) is 0 Å². The van der Waals surface area contributed by atoms with Gasteiger partial charge in [0.1, 0.15) is 0 Å². The van der Waals surface area contributed by atoms with Gasteiger partial charge in [-0.1, -0.05) is 19.9 Å². The van der Waals surface area contributed by atoms with E-state index in [2.05, 4.69) is 37.6 Å². The van der Waals surface area contributed by atoms with Crippen molar-refractivity contribution in [1.82, 2.24) is 10.2 Å². The van der Waals surface area contributed by atoms with Crippen molar-refractivity contribution in [2.24, 2.45) is 0 Å². The summed E-state index contributed by atoms with van der Waals surface area (Å²) in [6.07, 6.45) is 3.18. The normalized spacial score (nSPS) is 13.2. The van der Waals surface area contributed by atoms with Crippen LogP contribution in [0.25, 0.3) is 0 Å². The Balaban J connectivity index is 3.42. The van der Waals surface area contributed by atoms with Crippen LogP contribution in [-0.2, 0) is 0 Å². The average Bonchev–Trinajstić information content (AvgIpc) is 2.16. The van der Waals surface area contributed by atoms with Gasteiger partial charge >= 0.3 is 0 Å². The Labute approximate surface area is 83.0 Å². The van der Waals surface area contributed by atoms with Crippen LogP contribution in [0.1, 0.15) is 27.2 Å². The van der Waals surface area contributed by atoms with Crippen LogP contribution in [0.5, 0.6) is 0 Å². The molecule has 0 amide bonds. The first kappa shape index (κ1) is 12.7. The predicted octanol–water partition coefficient (Wildman–Crippen LogP) is 1.88. The molecule has 13 heavy (non-hydrogen) atoms. The highest BCUT2D eigenvalue weighted by molar-refractivity contribution is 4.81. The van der Waals surface area contributed by atoms with Crippen LogP contribution in [0.4, 0.5) is 0 Å². The van der Waals surface area contributed by atoms with Gasteiger partial charge < -0.3 is 10.2 Å². The second-order valence-corrected chi connectivity index (χ2v) is 3.41. The molecule has 0 bridgehead atoms. The maximum Gasteiger partial charge on any atom is 0.0219 e. The monoisotopic (exact) mass is 184 g/mol. The van der Waals surface area contributed by atoms with Crippen molar-refractivity contribution in [2.45, 2.75) is 33.2 Å². The Kier molecular flexibility index (Phi) is 8.05. The molecule has 0 spiro atoms. The van der Waals surface area contributed by atoms with Gasteiger partial charge in [0.15, 0.2) is 0 Å². The minimum Gasteiger partial charge on any atom is -0.310 e. The van der Waals surface area contributed by atoms with Gasteiger partial charge in [-0.2, -0.15) is 0 Å². The molecule has 2 heteroatoms. The molecule has 0 aromatic rings. The summed E-state index contributed by atoms with van der Waals surface area (Å²) in [5.74, 6) is 0. The highest BCUT2D eigenvalue weighted by Crippen LogP contribution is 1.89. The molecule has 0 aliphatic heterocycles. The van der Waals surface area contributed by atoms with Crippen molar-refractivity contribution in [3.05, 3.63) is 12.7 Å². The fourth-order valence-electron chi connectivity index (χ4n) is 1.28. The zero-order chi connectivity index (χ0) is 10.1. The molecule has 0 aliphatic carbocycles. The standard InChI is InChI=1S/C11H24N2/c1-5-9-13(7-3)10-8-12-11(4)6-2/h6,11-12H,2,5,7-10H2,1,3-4H3. The number of hydrogen-bond donors (Lipinski definition) is 1. The highest BCUT2D eigenvalue weighted by Gasteiger charge is 2.00. The predicted molar refractivity (Wildman–Crippen MR) is 60.1 cm³/mol. The van der Waals surface area contributed by atoms with E-state index in [1.54, 1.807) is 0 Å². The zero-order valence-corrected chi connectivity index (χ0v) is 9.34. The van der Waals surface area contributed by atoms with Gasteiger partial charge in [-0.05, 0) is 26.4 Å². The third kappa shape index (κ3) is 6.79. The molecular weight excluding hydrogens is 160 g/mol. The Morgan fingerprint density at radius 3 is 2.54 bits per heavy atom. The number of nitrogens with one attached hydrogen (secondary N) is 1. The molecule has 0 fully saturated rings. The number of hydrogen-bond acceptors (Lipinski definition) is 2. The van der Waals surface area contributed by atoms with Crippen LogP contribution >= 0.6 is 0 Å². The Morgan fingerprint density at radius 1 is 1.38 bits per heavy atom. The largest absolute Gasteiger partial charge is 0.310 e. The lowest BCUT2D eigenvalue weighted by atomic mass is 10.3. The van der Waals surface area contributed by atoms with E-state index in [4.69, 9.17) is 0 Å². The van der Waals surface area contributed by atoms with E-state index in [9.17, 15) is 0 Å². The summed E-state index contributed by atoms with van der Waals surface area (Å²) in [5.41, 5.74) is 0. The van der Waals surface area contributed by atoms with Gasteiger partial charge in [-0.25, -0.2) is 0 Å². The molecule has 0 aliphatic rings. The second kappa shape index (κ2) is 8.27. The molecule has 0 radical (unpaired) electrons. The smallest absolute Gasteiger partial charge is 0.0219 e. The first-order chi connectivity index (χ1) is 6.24. The van der Waals surface area contributed by atoms with E-state index in [0.29, 0.717) is 6.04 Å². The molecule has 2 nitrogen and oxygen atoms in total. The molecule has 1 N–H and O–H groups in total. The van der Waals surface area contributed by atoms with Crippen molar-refractivity contribution in [3.8, 4) is 0 Å². The molecule has 1 unspecified atom stereocenters. The lowest BCUT2D eigenvalue weighted by Crippen LogP contribution is -2.35. The number of rotatable bonds is 8. The fourth-order valence-corrected chi connectivity index (χ4v) is 1.28. The van der Waals surface area contributed by atoms with Crippen molar-refractivity contribution in [3.63, 3.8) is 0 Å². The fraction of sp³-hybridized carbons (Fsp3) is 0.818. The summed E-state index contributed by atoms with van der Waals surface area (Å²) < 4.78 is 0. The molecule has 0 saturated carbocycles. The summed E-state index contributed by atoms with van der Waals surface area (Å²) in [6.45, 7) is 14.9. The topological polar surface area (TPSA) is 15.3 Å². The summed E-state index contributed by atoms with van der Waals surface area (Å²) in [4.78, 5) is 2.46. The lowest BCUT2D eigenvalue weighted by molar-refractivity contribution is 0.286. The quantitative estimate of drug-likeness (QED) is 0.579. The van der Waals surface area contributed by atoms with E-state index in [1.165, 1.54) is 13.0 Å². The van der Waals surface area contributed by atoms with E-state index in [0.717, 1.165) is 19.6 Å². The Morgan fingerprint density at radius 2 is 2.08 bits per heavy atom. The minimum absolute atomic E-state index is 0.431. The first-order valence-electron chi connectivity index (χ1n) is 5.32. The van der Waals surface area contributed by atoms with E-state index in [-0.39, 0.29) is 0 Å². The molecule has 0 heterocycles. The van der Waals surface area contributed by atoms with Crippen LogP contribution in [0, 0.1) is 0 Å². The lowest BCUT2D eigenvalue weighted by Gasteiger charge is -2.20. The van der Waals surface area contributed by atoms with Crippen LogP contribution in [0.3, 0.4) is 0 Å². The first-order valence-corrected chi connectivity index (χ1v) is 5.32. The SMILES string of the molecule is C=CC(C)NCCN(CC)CCC. The van der Waals surface area contributed by atoms with Crippen molar-refractivity contribution >= 4 is 0 Å². The molecule has 0 saturated heterocycles. The van der Waals surface area contributed by atoms with E-state index >= 15 is 0 Å². The average molecular weight is 184 g/mol. The number of nitrogens with zero attached hydrogens (tertiary/aromatic N) is 1. The zero-order valence-electron chi connectivity index (χ0n) is 9.34. The van der Waals surface area contributed by atoms with Gasteiger partial charge in [0.2, 0.25) is 0 Å². The van der Waals surface area contributed by atoms with Crippen LogP contribution < -0.4 is 5.32 Å². The molecule has 78 valence electrons. The van der Waals surface area contributed by atoms with E-state index in [1.807, 2.05) is 6.08 Å². The van der Waals surface area contributed by atoms with Gasteiger partial charge in [-0.15, -0.1) is 6.58 Å². The summed E-state index contributed by atoms with van der Waals surface area (Å²) in [5, 5.41) is 3.40. The van der Waals surface area contributed by atoms with Gasteiger partial charge in [-0.3, -0.25) is 0 Å². The summed E-state index contributed by atoms with van der Waals surface area (Å²) in [6, 6.07) is 0.431. The van der Waals surface area contributed by atoms with Crippen molar-refractivity contribution < 1.29 is 0 Å². The minimum atomic E-state index is 0.431. The summed E-state index contributed by atoms with van der Waals surface area (Å²) >= 11 is 0. The maximum absolute atomic E-state index is 3.74. The summed E-state index contributed by atoms with van der Waals surface area (Å²) in [7, 11) is 0. The van der Waals surface area contributed by atoms with Crippen molar-refractivity contribution in [2.75, 3.05) is 26.2 Å². The molecule has 1 atom stereocenters. The maximum atomic E-state index is 3.74. The number of likely N-dealkylation sites (N-methyl/N-ethyl adjacent to an activating group) is 1. The molecule has 0 aromatic heterocycles. The highest BCUT2D eigenvalue weighted by atomic mass is 15.1. The van der Waals surface area contributed by atoms with Crippen LogP contribution in [-0.4, -0.2) is 37.1 Å². The second-order valence-electron chi connectivity index (χ2n) is 3.41. The third-order valence-corrected chi connectivity index (χ3v) is 2.23. The van der Waals surface area contributed by atoms with Crippen LogP contribution in [0.15, 0.2) is 12.7 Å². The third-order valence-electron chi connectivity index (χ3n) is 2.23. The van der Waals surface area contributed by atoms with Crippen molar-refractivity contribution in [1.29, 1.82) is 0 Å². The van der Waals surface area contributed by atoms with Gasteiger partial charge in [0, 0.05) is 19.1 Å². The molecule has 0 aromatic carbocycles. The Hall–Kier alpha value is -0.340. The Bertz CT molecular complexity index is 123. The molecular formula is C11H24N2. The van der Waals surface area contributed by atoms with Crippen LogP contribution in [0.2, 0.25) is 0 Å². The van der Waals surface area contributed by atoms with Gasteiger partial charge in [0.25, 0.3) is 0 Å².